The Balaban J connectivity index is 1.55. The molecular formula is C25H26N2O4. The molecule has 0 saturated carbocycles. The first kappa shape index (κ1) is 22.0. The third-order valence-corrected chi connectivity index (χ3v) is 4.98. The number of amides is 2. The van der Waals surface area contributed by atoms with E-state index in [4.69, 9.17) is 4.74 Å². The van der Waals surface area contributed by atoms with Gasteiger partial charge in [0.15, 0.2) is 6.61 Å². The summed E-state index contributed by atoms with van der Waals surface area (Å²) in [7, 11) is 0. The van der Waals surface area contributed by atoms with E-state index in [9.17, 15) is 14.4 Å². The lowest BCUT2D eigenvalue weighted by molar-refractivity contribution is -0.149. The summed E-state index contributed by atoms with van der Waals surface area (Å²) in [6.45, 7) is 2.91. The lowest BCUT2D eigenvalue weighted by Gasteiger charge is -2.18. The number of esters is 1. The minimum absolute atomic E-state index is 0.0598. The second-order valence-corrected chi connectivity index (χ2v) is 7.39. The molecule has 31 heavy (non-hydrogen) atoms. The van der Waals surface area contributed by atoms with Crippen LogP contribution in [0.4, 0.5) is 0 Å². The van der Waals surface area contributed by atoms with Crippen LogP contribution in [0.5, 0.6) is 0 Å². The molecule has 2 amide bonds. The van der Waals surface area contributed by atoms with Crippen LogP contribution in [-0.4, -0.2) is 24.4 Å². The molecule has 0 aliphatic carbocycles. The first-order valence-corrected chi connectivity index (χ1v) is 10.2. The van der Waals surface area contributed by atoms with E-state index in [0.717, 1.165) is 21.9 Å². The van der Waals surface area contributed by atoms with Crippen molar-refractivity contribution in [3.63, 3.8) is 0 Å². The van der Waals surface area contributed by atoms with Gasteiger partial charge >= 0.3 is 5.97 Å². The molecule has 0 radical (unpaired) electrons. The molecule has 0 spiro atoms. The van der Waals surface area contributed by atoms with Gasteiger partial charge in [-0.05, 0) is 28.8 Å². The molecule has 3 rings (SSSR count). The van der Waals surface area contributed by atoms with E-state index in [1.165, 1.54) is 6.92 Å². The maximum atomic E-state index is 12.3. The monoisotopic (exact) mass is 418 g/mol. The fraction of sp³-hybridized carbons (Fsp3) is 0.240. The molecule has 2 N–H and O–H groups in total. The first-order chi connectivity index (χ1) is 14.9. The van der Waals surface area contributed by atoms with Gasteiger partial charge in [0.1, 0.15) is 0 Å². The van der Waals surface area contributed by atoms with E-state index in [2.05, 4.69) is 10.6 Å². The fourth-order valence-corrected chi connectivity index (χ4v) is 3.54. The predicted octanol–water partition coefficient (Wildman–Crippen LogP) is 3.83. The minimum atomic E-state index is -0.560. The number of fused-ring (bicyclic) bond motifs is 1. The standard InChI is InChI=1S/C25H26N2O4/c1-17(21-14-8-12-19-9-6-7-13-22(19)21)26-24(29)16-31-25(30)15-23(27-18(2)28)20-10-4-3-5-11-20/h3-14,17,23H,15-16H2,1-2H3,(H,26,29)(H,27,28)/t17-,23+/m1/s1. The Kier molecular flexibility index (Phi) is 7.38. The number of hydrogen-bond donors (Lipinski definition) is 2. The summed E-state index contributed by atoms with van der Waals surface area (Å²) in [6.07, 6.45) is -0.0598. The number of hydrogen-bond acceptors (Lipinski definition) is 4. The molecule has 0 aliphatic heterocycles. The van der Waals surface area contributed by atoms with E-state index < -0.39 is 12.0 Å². The van der Waals surface area contributed by atoms with Crippen molar-refractivity contribution in [2.45, 2.75) is 32.4 Å². The molecule has 3 aromatic rings. The third-order valence-electron chi connectivity index (χ3n) is 4.98. The molecule has 6 heteroatoms. The number of nitrogens with one attached hydrogen (secondary N) is 2. The molecule has 0 bridgehead atoms. The Morgan fingerprint density at radius 3 is 2.29 bits per heavy atom. The van der Waals surface area contributed by atoms with Gasteiger partial charge in [-0.2, -0.15) is 0 Å². The van der Waals surface area contributed by atoms with Gasteiger partial charge in [-0.25, -0.2) is 0 Å². The Bertz CT molecular complexity index is 1060. The second-order valence-electron chi connectivity index (χ2n) is 7.39. The summed E-state index contributed by atoms with van der Waals surface area (Å²) < 4.78 is 5.16. The Morgan fingerprint density at radius 1 is 0.871 bits per heavy atom. The smallest absolute Gasteiger partial charge is 0.308 e. The summed E-state index contributed by atoms with van der Waals surface area (Å²) in [5.74, 6) is -1.19. The van der Waals surface area contributed by atoms with E-state index in [0.29, 0.717) is 0 Å². The number of carbonyl (C=O) groups is 3. The van der Waals surface area contributed by atoms with E-state index in [-0.39, 0.29) is 30.9 Å². The van der Waals surface area contributed by atoms with E-state index >= 15 is 0 Å². The van der Waals surface area contributed by atoms with Crippen LogP contribution < -0.4 is 10.6 Å². The molecule has 0 saturated heterocycles. The van der Waals surface area contributed by atoms with Gasteiger partial charge < -0.3 is 15.4 Å². The summed E-state index contributed by atoms with van der Waals surface area (Å²) in [4.78, 5) is 36.1. The molecule has 2 atom stereocenters. The zero-order valence-corrected chi connectivity index (χ0v) is 17.6. The molecule has 0 heterocycles. The Labute approximate surface area is 181 Å². The predicted molar refractivity (Wildman–Crippen MR) is 119 cm³/mol. The van der Waals surface area contributed by atoms with Crippen LogP contribution >= 0.6 is 0 Å². The van der Waals surface area contributed by atoms with Crippen LogP contribution in [0.1, 0.15) is 43.5 Å². The highest BCUT2D eigenvalue weighted by molar-refractivity contribution is 5.87. The third kappa shape index (κ3) is 6.15. The molecule has 160 valence electrons. The quantitative estimate of drug-likeness (QED) is 0.545. The number of benzene rings is 3. The van der Waals surface area contributed by atoms with Crippen molar-refractivity contribution >= 4 is 28.6 Å². The van der Waals surface area contributed by atoms with Crippen LogP contribution in [0.3, 0.4) is 0 Å². The molecule has 0 aromatic heterocycles. The second kappa shape index (κ2) is 10.4. The van der Waals surface area contributed by atoms with Crippen LogP contribution in [0.25, 0.3) is 10.8 Å². The van der Waals surface area contributed by atoms with E-state index in [1.54, 1.807) is 0 Å². The normalized spacial score (nSPS) is 12.6. The largest absolute Gasteiger partial charge is 0.456 e. The Morgan fingerprint density at radius 2 is 1.55 bits per heavy atom. The maximum absolute atomic E-state index is 12.3. The van der Waals surface area contributed by atoms with Crippen LogP contribution in [0, 0.1) is 0 Å². The van der Waals surface area contributed by atoms with Crippen molar-refractivity contribution in [2.24, 2.45) is 0 Å². The molecule has 0 aliphatic rings. The Hall–Kier alpha value is -3.67. The highest BCUT2D eigenvalue weighted by Crippen LogP contribution is 2.24. The summed E-state index contributed by atoms with van der Waals surface area (Å²) in [5.41, 5.74) is 1.79. The number of ether oxygens (including phenoxy) is 1. The van der Waals surface area contributed by atoms with E-state index in [1.807, 2.05) is 79.7 Å². The fourth-order valence-electron chi connectivity index (χ4n) is 3.54. The van der Waals surface area contributed by atoms with Gasteiger partial charge in [0, 0.05) is 6.92 Å². The highest BCUT2D eigenvalue weighted by atomic mass is 16.5. The SMILES string of the molecule is CC(=O)N[C@@H](CC(=O)OCC(=O)N[C@H](C)c1cccc2ccccc12)c1ccccc1. The van der Waals surface area contributed by atoms with Crippen LogP contribution in [0.2, 0.25) is 0 Å². The lowest BCUT2D eigenvalue weighted by atomic mass is 10.00. The van der Waals surface area contributed by atoms with Crippen molar-refractivity contribution in [3.05, 3.63) is 83.9 Å². The average molecular weight is 418 g/mol. The molecular weight excluding hydrogens is 392 g/mol. The van der Waals surface area contributed by atoms with Crippen LogP contribution in [-0.2, 0) is 19.1 Å². The van der Waals surface area contributed by atoms with Crippen molar-refractivity contribution in [1.29, 1.82) is 0 Å². The molecule has 6 nitrogen and oxygen atoms in total. The maximum Gasteiger partial charge on any atom is 0.308 e. The summed E-state index contributed by atoms with van der Waals surface area (Å²) >= 11 is 0. The van der Waals surface area contributed by atoms with Gasteiger partial charge in [-0.3, -0.25) is 14.4 Å². The lowest BCUT2D eigenvalue weighted by Crippen LogP contribution is -2.32. The molecule has 3 aromatic carbocycles. The van der Waals surface area contributed by atoms with Crippen molar-refractivity contribution in [2.75, 3.05) is 6.61 Å². The zero-order chi connectivity index (χ0) is 22.2. The summed E-state index contributed by atoms with van der Waals surface area (Å²) in [6, 6.07) is 22.3. The average Bonchev–Trinajstić information content (AvgIpc) is 2.77. The zero-order valence-electron chi connectivity index (χ0n) is 17.6. The number of carbonyl (C=O) groups excluding carboxylic acids is 3. The first-order valence-electron chi connectivity index (χ1n) is 10.2. The van der Waals surface area contributed by atoms with Crippen LogP contribution in [0.15, 0.2) is 72.8 Å². The van der Waals surface area contributed by atoms with Crippen molar-refractivity contribution < 1.29 is 19.1 Å². The van der Waals surface area contributed by atoms with Gasteiger partial charge in [0.05, 0.1) is 18.5 Å². The van der Waals surface area contributed by atoms with Gasteiger partial charge in [0.25, 0.3) is 5.91 Å². The van der Waals surface area contributed by atoms with Gasteiger partial charge in [-0.1, -0.05) is 72.8 Å². The van der Waals surface area contributed by atoms with Gasteiger partial charge in [0.2, 0.25) is 5.91 Å². The summed E-state index contributed by atoms with van der Waals surface area (Å²) in [5, 5.41) is 7.78. The van der Waals surface area contributed by atoms with Crippen molar-refractivity contribution in [1.82, 2.24) is 10.6 Å². The molecule has 0 fully saturated rings. The highest BCUT2D eigenvalue weighted by Gasteiger charge is 2.19. The number of rotatable bonds is 8. The van der Waals surface area contributed by atoms with Gasteiger partial charge in [-0.15, -0.1) is 0 Å². The molecule has 0 unspecified atom stereocenters. The van der Waals surface area contributed by atoms with Crippen molar-refractivity contribution in [3.8, 4) is 0 Å². The minimum Gasteiger partial charge on any atom is -0.456 e. The topological polar surface area (TPSA) is 84.5 Å².